The van der Waals surface area contributed by atoms with Gasteiger partial charge in [-0.1, -0.05) is 12.1 Å². The van der Waals surface area contributed by atoms with Gasteiger partial charge in [-0.2, -0.15) is 0 Å². The average molecular weight is 268 g/mol. The molecule has 0 fully saturated rings. The number of hydrogen-bond acceptors (Lipinski definition) is 5. The number of anilines is 1. The Hall–Kier alpha value is -2.50. The van der Waals surface area contributed by atoms with Crippen LogP contribution in [0.3, 0.4) is 0 Å². The fourth-order valence-electron chi connectivity index (χ4n) is 2.29. The van der Waals surface area contributed by atoms with E-state index in [0.29, 0.717) is 5.95 Å². The van der Waals surface area contributed by atoms with Crippen molar-refractivity contribution in [1.29, 1.82) is 0 Å². The molecule has 1 aromatic carbocycles. The van der Waals surface area contributed by atoms with Gasteiger partial charge in [0.15, 0.2) is 0 Å². The molecule has 0 radical (unpaired) electrons. The zero-order chi connectivity index (χ0) is 13.8. The average Bonchev–Trinajstić information content (AvgIpc) is 2.86. The largest absolute Gasteiger partial charge is 0.354 e. The summed E-state index contributed by atoms with van der Waals surface area (Å²) in [5.41, 5.74) is 2.23. The highest BCUT2D eigenvalue weighted by atomic mass is 15.1. The van der Waals surface area contributed by atoms with E-state index in [0.717, 1.165) is 30.9 Å². The number of nitrogens with one attached hydrogen (secondary N) is 1. The van der Waals surface area contributed by atoms with Crippen LogP contribution in [0.15, 0.2) is 36.9 Å². The molecule has 0 atom stereocenters. The quantitative estimate of drug-likeness (QED) is 0.765. The van der Waals surface area contributed by atoms with Gasteiger partial charge in [0.2, 0.25) is 5.95 Å². The summed E-state index contributed by atoms with van der Waals surface area (Å²) < 4.78 is 2.24. The van der Waals surface area contributed by atoms with Crippen LogP contribution in [0.4, 0.5) is 5.95 Å². The first kappa shape index (κ1) is 12.5. The lowest BCUT2D eigenvalue weighted by Gasteiger charge is -2.06. The second kappa shape index (κ2) is 5.64. The standard InChI is InChI=1S/C14H16N6/c1-2-20-12-6-4-3-5-11(12)19-13(20)7-8-16-14-17-9-15-10-18-14/h3-6,9-10H,2,7-8H2,1H3,(H,15,16,17,18). The Morgan fingerprint density at radius 2 is 1.95 bits per heavy atom. The molecule has 20 heavy (non-hydrogen) atoms. The van der Waals surface area contributed by atoms with Crippen LogP contribution < -0.4 is 5.32 Å². The molecule has 2 heterocycles. The molecule has 6 nitrogen and oxygen atoms in total. The fraction of sp³-hybridized carbons (Fsp3) is 0.286. The Morgan fingerprint density at radius 3 is 2.75 bits per heavy atom. The number of nitrogens with zero attached hydrogens (tertiary/aromatic N) is 5. The SMILES string of the molecule is CCn1c(CCNc2ncncn2)nc2ccccc21. The monoisotopic (exact) mass is 268 g/mol. The molecule has 0 saturated carbocycles. The number of hydrogen-bond donors (Lipinski definition) is 1. The van der Waals surface area contributed by atoms with E-state index in [9.17, 15) is 0 Å². The second-order valence-electron chi connectivity index (χ2n) is 4.40. The van der Waals surface area contributed by atoms with Gasteiger partial charge in [0.1, 0.15) is 18.5 Å². The van der Waals surface area contributed by atoms with Gasteiger partial charge in [-0.15, -0.1) is 0 Å². The molecule has 102 valence electrons. The first-order chi connectivity index (χ1) is 9.88. The first-order valence-electron chi connectivity index (χ1n) is 6.68. The lowest BCUT2D eigenvalue weighted by atomic mass is 10.3. The molecule has 0 aliphatic heterocycles. The van der Waals surface area contributed by atoms with Crippen molar-refractivity contribution in [2.45, 2.75) is 19.9 Å². The maximum atomic E-state index is 4.68. The third-order valence-corrected chi connectivity index (χ3v) is 3.17. The van der Waals surface area contributed by atoms with Crippen molar-refractivity contribution in [3.63, 3.8) is 0 Å². The lowest BCUT2D eigenvalue weighted by molar-refractivity contribution is 0.716. The van der Waals surface area contributed by atoms with Crippen LogP contribution in [0, 0.1) is 0 Å². The Kier molecular flexibility index (Phi) is 3.54. The summed E-state index contributed by atoms with van der Waals surface area (Å²) in [6.45, 7) is 3.80. The number of benzene rings is 1. The van der Waals surface area contributed by atoms with Crippen molar-refractivity contribution < 1.29 is 0 Å². The van der Waals surface area contributed by atoms with E-state index in [2.05, 4.69) is 42.8 Å². The van der Waals surface area contributed by atoms with Gasteiger partial charge < -0.3 is 9.88 Å². The van der Waals surface area contributed by atoms with Crippen molar-refractivity contribution in [3.8, 4) is 0 Å². The summed E-state index contributed by atoms with van der Waals surface area (Å²) in [6, 6.07) is 8.21. The van der Waals surface area contributed by atoms with E-state index < -0.39 is 0 Å². The van der Waals surface area contributed by atoms with E-state index in [1.807, 2.05) is 18.2 Å². The number of aryl methyl sites for hydroxylation is 1. The van der Waals surface area contributed by atoms with Crippen LogP contribution in [-0.2, 0) is 13.0 Å². The van der Waals surface area contributed by atoms with Gasteiger partial charge >= 0.3 is 0 Å². The van der Waals surface area contributed by atoms with Gasteiger partial charge in [0.05, 0.1) is 11.0 Å². The highest BCUT2D eigenvalue weighted by molar-refractivity contribution is 5.75. The third-order valence-electron chi connectivity index (χ3n) is 3.17. The van der Waals surface area contributed by atoms with E-state index in [1.54, 1.807) is 0 Å². The van der Waals surface area contributed by atoms with Gasteiger partial charge in [-0.05, 0) is 19.1 Å². The maximum absolute atomic E-state index is 4.68. The molecule has 0 aliphatic rings. The van der Waals surface area contributed by atoms with Crippen LogP contribution >= 0.6 is 0 Å². The Bertz CT molecular complexity index is 691. The summed E-state index contributed by atoms with van der Waals surface area (Å²) in [4.78, 5) is 16.5. The number of imidazole rings is 1. The summed E-state index contributed by atoms with van der Waals surface area (Å²) in [6.07, 6.45) is 3.79. The Morgan fingerprint density at radius 1 is 1.15 bits per heavy atom. The second-order valence-corrected chi connectivity index (χ2v) is 4.40. The highest BCUT2D eigenvalue weighted by Crippen LogP contribution is 2.16. The summed E-state index contributed by atoms with van der Waals surface area (Å²) in [5.74, 6) is 1.68. The van der Waals surface area contributed by atoms with E-state index >= 15 is 0 Å². The van der Waals surface area contributed by atoms with Gasteiger partial charge in [0, 0.05) is 19.5 Å². The molecular formula is C14H16N6. The van der Waals surface area contributed by atoms with E-state index in [4.69, 9.17) is 0 Å². The molecule has 0 aliphatic carbocycles. The zero-order valence-electron chi connectivity index (χ0n) is 11.3. The fourth-order valence-corrected chi connectivity index (χ4v) is 2.29. The molecule has 3 aromatic rings. The van der Waals surface area contributed by atoms with Crippen LogP contribution in [-0.4, -0.2) is 31.0 Å². The molecule has 0 unspecified atom stereocenters. The molecule has 0 amide bonds. The summed E-state index contributed by atoms with van der Waals surface area (Å²) >= 11 is 0. The predicted octanol–water partition coefficient (Wildman–Crippen LogP) is 1.90. The molecule has 0 spiro atoms. The zero-order valence-corrected chi connectivity index (χ0v) is 11.3. The van der Waals surface area contributed by atoms with Crippen molar-refractivity contribution in [2.75, 3.05) is 11.9 Å². The Balaban J connectivity index is 1.74. The highest BCUT2D eigenvalue weighted by Gasteiger charge is 2.08. The van der Waals surface area contributed by atoms with Crippen LogP contribution in [0.2, 0.25) is 0 Å². The predicted molar refractivity (Wildman–Crippen MR) is 77.4 cm³/mol. The molecule has 2 aromatic heterocycles. The Labute approximate surface area is 116 Å². The van der Waals surface area contributed by atoms with Crippen molar-refractivity contribution in [1.82, 2.24) is 24.5 Å². The molecular weight excluding hydrogens is 252 g/mol. The summed E-state index contributed by atoms with van der Waals surface area (Å²) in [7, 11) is 0. The van der Waals surface area contributed by atoms with E-state index in [1.165, 1.54) is 18.2 Å². The molecule has 0 saturated heterocycles. The van der Waals surface area contributed by atoms with Gasteiger partial charge in [0.25, 0.3) is 0 Å². The summed E-state index contributed by atoms with van der Waals surface area (Å²) in [5, 5.41) is 3.17. The smallest absolute Gasteiger partial charge is 0.225 e. The van der Waals surface area contributed by atoms with Crippen molar-refractivity contribution in [2.24, 2.45) is 0 Å². The third kappa shape index (κ3) is 2.45. The number of rotatable bonds is 5. The maximum Gasteiger partial charge on any atom is 0.225 e. The van der Waals surface area contributed by atoms with Gasteiger partial charge in [-0.25, -0.2) is 19.9 Å². The van der Waals surface area contributed by atoms with Crippen molar-refractivity contribution in [3.05, 3.63) is 42.7 Å². The van der Waals surface area contributed by atoms with Crippen LogP contribution in [0.1, 0.15) is 12.7 Å². The lowest BCUT2D eigenvalue weighted by Crippen LogP contribution is -2.11. The molecule has 6 heteroatoms. The van der Waals surface area contributed by atoms with Crippen LogP contribution in [0.25, 0.3) is 11.0 Å². The minimum atomic E-state index is 0.596. The van der Waals surface area contributed by atoms with E-state index in [-0.39, 0.29) is 0 Å². The number of para-hydroxylation sites is 2. The molecule has 3 rings (SSSR count). The molecule has 1 N–H and O–H groups in total. The minimum absolute atomic E-state index is 0.596. The van der Waals surface area contributed by atoms with Crippen LogP contribution in [0.5, 0.6) is 0 Å². The van der Waals surface area contributed by atoms with Gasteiger partial charge in [-0.3, -0.25) is 0 Å². The molecule has 0 bridgehead atoms. The first-order valence-corrected chi connectivity index (χ1v) is 6.68. The normalized spacial score (nSPS) is 10.8. The number of fused-ring (bicyclic) bond motifs is 1. The number of aromatic nitrogens is 5. The topological polar surface area (TPSA) is 68.5 Å². The van der Waals surface area contributed by atoms with Crippen molar-refractivity contribution >= 4 is 17.0 Å². The minimum Gasteiger partial charge on any atom is -0.354 e.